The molecule has 1 heterocycles. The maximum absolute atomic E-state index is 12.6. The molecule has 0 radical (unpaired) electrons. The maximum Gasteiger partial charge on any atom is 0.262 e. The van der Waals surface area contributed by atoms with Gasteiger partial charge in [-0.15, -0.1) is 0 Å². The Morgan fingerprint density at radius 1 is 1.27 bits per heavy atom. The minimum atomic E-state index is -0.227. The van der Waals surface area contributed by atoms with E-state index in [2.05, 4.69) is 10.3 Å². The summed E-state index contributed by atoms with van der Waals surface area (Å²) < 4.78 is 1.57. The second kappa shape index (κ2) is 7.85. The van der Waals surface area contributed by atoms with Crippen molar-refractivity contribution in [2.75, 3.05) is 11.1 Å². The number of amides is 1. The van der Waals surface area contributed by atoms with E-state index in [0.29, 0.717) is 33.9 Å². The Balaban J connectivity index is 1.77. The lowest BCUT2D eigenvalue weighted by Crippen LogP contribution is -2.23. The monoisotopic (exact) mass is 364 g/mol. The van der Waals surface area contributed by atoms with Crippen LogP contribution in [-0.4, -0.2) is 21.2 Å². The van der Waals surface area contributed by atoms with Gasteiger partial charge in [0, 0.05) is 12.2 Å². The number of carbonyl (C=O) groups is 1. The molecule has 0 aliphatic heterocycles. The highest BCUT2D eigenvalue weighted by Crippen LogP contribution is 2.18. The molecule has 0 fully saturated rings. The lowest BCUT2D eigenvalue weighted by Gasteiger charge is -2.11. The van der Waals surface area contributed by atoms with Crippen LogP contribution in [0.25, 0.3) is 10.9 Å². The number of fused-ring (bicyclic) bond motifs is 1. The van der Waals surface area contributed by atoms with E-state index in [4.69, 9.17) is 5.26 Å². The number of rotatable bonds is 5. The van der Waals surface area contributed by atoms with Gasteiger partial charge in [0.15, 0.2) is 5.16 Å². The average molecular weight is 364 g/mol. The molecule has 3 rings (SSSR count). The predicted octanol–water partition coefficient (Wildman–Crippen LogP) is 3.02. The minimum absolute atomic E-state index is 0.109. The van der Waals surface area contributed by atoms with E-state index in [-0.39, 0.29) is 17.2 Å². The first-order valence-electron chi connectivity index (χ1n) is 8.04. The molecular weight excluding hydrogens is 348 g/mol. The fourth-order valence-corrected chi connectivity index (χ4v) is 3.39. The second-order valence-corrected chi connectivity index (χ2v) is 6.43. The van der Waals surface area contributed by atoms with Crippen LogP contribution in [-0.2, 0) is 11.3 Å². The molecule has 1 aromatic heterocycles. The van der Waals surface area contributed by atoms with E-state index in [1.54, 1.807) is 47.0 Å². The lowest BCUT2D eigenvalue weighted by molar-refractivity contribution is -0.113. The standard InChI is InChI=1S/C19H16N4O2S/c1-2-23-18(25)15-8-3-4-9-16(15)22-19(23)26-12-17(24)21-14-7-5-6-13(10-14)11-20/h3-10H,2,12H2,1H3,(H,21,24). The molecule has 26 heavy (non-hydrogen) atoms. The molecular formula is C19H16N4O2S. The highest BCUT2D eigenvalue weighted by atomic mass is 32.2. The van der Waals surface area contributed by atoms with Crippen molar-refractivity contribution in [3.63, 3.8) is 0 Å². The van der Waals surface area contributed by atoms with Gasteiger partial charge >= 0.3 is 0 Å². The van der Waals surface area contributed by atoms with Crippen molar-refractivity contribution in [1.82, 2.24) is 9.55 Å². The summed E-state index contributed by atoms with van der Waals surface area (Å²) >= 11 is 1.21. The first-order chi connectivity index (χ1) is 12.6. The van der Waals surface area contributed by atoms with Crippen LogP contribution in [0.2, 0.25) is 0 Å². The number of benzene rings is 2. The van der Waals surface area contributed by atoms with Gasteiger partial charge in [0.05, 0.1) is 28.3 Å². The van der Waals surface area contributed by atoms with Crippen LogP contribution in [0.5, 0.6) is 0 Å². The Morgan fingerprint density at radius 2 is 2.08 bits per heavy atom. The molecule has 1 amide bonds. The summed E-state index contributed by atoms with van der Waals surface area (Å²) in [6, 6.07) is 15.9. The number of hydrogen-bond donors (Lipinski definition) is 1. The topological polar surface area (TPSA) is 87.8 Å². The number of anilines is 1. The Bertz CT molecular complexity index is 1070. The fraction of sp³-hybridized carbons (Fsp3) is 0.158. The zero-order valence-electron chi connectivity index (χ0n) is 14.1. The van der Waals surface area contributed by atoms with Gasteiger partial charge in [0.2, 0.25) is 5.91 Å². The van der Waals surface area contributed by atoms with Crippen LogP contribution in [0.1, 0.15) is 12.5 Å². The minimum Gasteiger partial charge on any atom is -0.325 e. The van der Waals surface area contributed by atoms with Crippen LogP contribution in [0, 0.1) is 11.3 Å². The van der Waals surface area contributed by atoms with E-state index >= 15 is 0 Å². The molecule has 0 aliphatic carbocycles. The third kappa shape index (κ3) is 3.76. The van der Waals surface area contributed by atoms with Crippen LogP contribution in [0.15, 0.2) is 58.5 Å². The highest BCUT2D eigenvalue weighted by Gasteiger charge is 2.12. The molecule has 0 bridgehead atoms. The van der Waals surface area contributed by atoms with Crippen molar-refractivity contribution >= 4 is 34.3 Å². The van der Waals surface area contributed by atoms with Crippen molar-refractivity contribution in [3.05, 3.63) is 64.4 Å². The zero-order chi connectivity index (χ0) is 18.5. The Hall–Kier alpha value is -3.11. The number of nitriles is 1. The molecule has 1 N–H and O–H groups in total. The molecule has 130 valence electrons. The number of nitrogens with one attached hydrogen (secondary N) is 1. The van der Waals surface area contributed by atoms with Gasteiger partial charge in [-0.3, -0.25) is 14.2 Å². The molecule has 0 saturated heterocycles. The predicted molar refractivity (Wildman–Crippen MR) is 102 cm³/mol. The van der Waals surface area contributed by atoms with E-state index in [1.807, 2.05) is 19.1 Å². The van der Waals surface area contributed by atoms with Crippen LogP contribution in [0.3, 0.4) is 0 Å². The molecule has 6 nitrogen and oxygen atoms in total. The summed E-state index contributed by atoms with van der Waals surface area (Å²) in [6.07, 6.45) is 0. The van der Waals surface area contributed by atoms with E-state index in [0.717, 1.165) is 0 Å². The molecule has 0 spiro atoms. The smallest absolute Gasteiger partial charge is 0.262 e. The Morgan fingerprint density at radius 3 is 2.85 bits per heavy atom. The molecule has 2 aromatic carbocycles. The third-order valence-corrected chi connectivity index (χ3v) is 4.73. The third-order valence-electron chi connectivity index (χ3n) is 3.75. The number of hydrogen-bond acceptors (Lipinski definition) is 5. The number of aromatic nitrogens is 2. The highest BCUT2D eigenvalue weighted by molar-refractivity contribution is 7.99. The SMILES string of the molecule is CCn1c(SCC(=O)Nc2cccc(C#N)c2)nc2ccccc2c1=O. The van der Waals surface area contributed by atoms with Crippen molar-refractivity contribution in [3.8, 4) is 6.07 Å². The number of para-hydroxylation sites is 1. The molecule has 0 saturated carbocycles. The van der Waals surface area contributed by atoms with Crippen LogP contribution < -0.4 is 10.9 Å². The van der Waals surface area contributed by atoms with Gasteiger partial charge in [0.25, 0.3) is 5.56 Å². The summed E-state index contributed by atoms with van der Waals surface area (Å²) in [4.78, 5) is 29.3. The average Bonchev–Trinajstić information content (AvgIpc) is 2.66. The van der Waals surface area contributed by atoms with Crippen molar-refractivity contribution in [2.24, 2.45) is 0 Å². The number of carbonyl (C=O) groups excluding carboxylic acids is 1. The quantitative estimate of drug-likeness (QED) is 0.555. The fourth-order valence-electron chi connectivity index (χ4n) is 2.53. The number of nitrogens with zero attached hydrogens (tertiary/aromatic N) is 3. The van der Waals surface area contributed by atoms with Crippen molar-refractivity contribution in [1.29, 1.82) is 5.26 Å². The summed E-state index contributed by atoms with van der Waals surface area (Å²) in [6.45, 7) is 2.35. The van der Waals surface area contributed by atoms with E-state index in [1.165, 1.54) is 11.8 Å². The Labute approximate surface area is 154 Å². The first-order valence-corrected chi connectivity index (χ1v) is 9.03. The van der Waals surface area contributed by atoms with Crippen molar-refractivity contribution in [2.45, 2.75) is 18.6 Å². The first kappa shape index (κ1) is 17.7. The molecule has 0 unspecified atom stereocenters. The van der Waals surface area contributed by atoms with Gasteiger partial charge in [-0.2, -0.15) is 5.26 Å². The normalized spacial score (nSPS) is 10.5. The summed E-state index contributed by atoms with van der Waals surface area (Å²) in [7, 11) is 0. The molecule has 7 heteroatoms. The van der Waals surface area contributed by atoms with Crippen molar-refractivity contribution < 1.29 is 4.79 Å². The van der Waals surface area contributed by atoms with Gasteiger partial charge < -0.3 is 5.32 Å². The Kier molecular flexibility index (Phi) is 5.34. The summed E-state index contributed by atoms with van der Waals surface area (Å²) in [5.74, 6) is -0.114. The largest absolute Gasteiger partial charge is 0.325 e. The van der Waals surface area contributed by atoms with Crippen LogP contribution in [0.4, 0.5) is 5.69 Å². The number of thioether (sulfide) groups is 1. The molecule has 0 aliphatic rings. The van der Waals surface area contributed by atoms with Gasteiger partial charge in [-0.25, -0.2) is 4.98 Å². The van der Waals surface area contributed by atoms with Gasteiger partial charge in [-0.1, -0.05) is 30.0 Å². The lowest BCUT2D eigenvalue weighted by atomic mass is 10.2. The second-order valence-electron chi connectivity index (χ2n) is 5.49. The summed E-state index contributed by atoms with van der Waals surface area (Å²) in [5.41, 5.74) is 1.55. The summed E-state index contributed by atoms with van der Waals surface area (Å²) in [5, 5.41) is 12.7. The van der Waals surface area contributed by atoms with Gasteiger partial charge in [0.1, 0.15) is 0 Å². The van der Waals surface area contributed by atoms with Gasteiger partial charge in [-0.05, 0) is 37.3 Å². The maximum atomic E-state index is 12.6. The molecule has 3 aromatic rings. The van der Waals surface area contributed by atoms with Crippen LogP contribution >= 0.6 is 11.8 Å². The van der Waals surface area contributed by atoms with E-state index in [9.17, 15) is 9.59 Å². The molecule has 0 atom stereocenters. The van der Waals surface area contributed by atoms with E-state index < -0.39 is 0 Å². The zero-order valence-corrected chi connectivity index (χ0v) is 14.9.